The van der Waals surface area contributed by atoms with Crippen LogP contribution in [0.5, 0.6) is 0 Å². The number of amides is 2. The monoisotopic (exact) mass is 452 g/mol. The maximum absolute atomic E-state index is 13.9. The molecule has 0 bridgehead atoms. The van der Waals surface area contributed by atoms with Crippen molar-refractivity contribution >= 4 is 17.8 Å². The molecule has 0 aliphatic carbocycles. The number of cyclic esters (lactones) is 1. The van der Waals surface area contributed by atoms with Crippen molar-refractivity contribution in [2.45, 2.75) is 37.1 Å². The molecular formula is C25H28N2O6. The standard InChI is InChI=1S/C25H28N2O6/c1-24-10-5-6-15-32-23(31)19(24)18-21(29)27(13-14-28)20-22(30)26(12-7-11-25(18,20)33-24)16-17-8-3-2-4-9-17/h2-5,7-11,18-20,28H,6,12-16H2,1H3/t18-,19-,20?,24+,25-/m0/s1. The van der Waals surface area contributed by atoms with E-state index in [9.17, 15) is 19.5 Å². The first kappa shape index (κ1) is 21.9. The Bertz CT molecular complexity index is 1020. The molecule has 2 amide bonds. The van der Waals surface area contributed by atoms with E-state index in [1.165, 1.54) is 4.90 Å². The lowest BCUT2D eigenvalue weighted by Gasteiger charge is -2.37. The zero-order valence-electron chi connectivity index (χ0n) is 18.6. The van der Waals surface area contributed by atoms with Gasteiger partial charge in [0.25, 0.3) is 0 Å². The van der Waals surface area contributed by atoms with Crippen LogP contribution in [0.25, 0.3) is 0 Å². The van der Waals surface area contributed by atoms with E-state index < -0.39 is 35.0 Å². The van der Waals surface area contributed by atoms with E-state index in [1.807, 2.05) is 48.6 Å². The van der Waals surface area contributed by atoms with E-state index in [-0.39, 0.29) is 31.6 Å². The molecule has 8 heteroatoms. The van der Waals surface area contributed by atoms with Crippen LogP contribution in [0.15, 0.2) is 54.6 Å². The molecule has 1 aromatic rings. The van der Waals surface area contributed by atoms with Crippen molar-refractivity contribution in [3.8, 4) is 0 Å². The Morgan fingerprint density at radius 1 is 1.06 bits per heavy atom. The Kier molecular flexibility index (Phi) is 5.37. The zero-order chi connectivity index (χ0) is 23.2. The van der Waals surface area contributed by atoms with Crippen molar-refractivity contribution in [3.05, 3.63) is 60.2 Å². The molecule has 1 aromatic carbocycles. The molecule has 1 N–H and O–H groups in total. The molecule has 33 heavy (non-hydrogen) atoms. The summed E-state index contributed by atoms with van der Waals surface area (Å²) in [4.78, 5) is 43.8. The first-order valence-electron chi connectivity index (χ1n) is 11.4. The number of carbonyl (C=O) groups is 3. The molecule has 0 aromatic heterocycles. The van der Waals surface area contributed by atoms with Crippen molar-refractivity contribution in [2.75, 3.05) is 26.3 Å². The number of nitrogens with zero attached hydrogens (tertiary/aromatic N) is 2. The second kappa shape index (κ2) is 8.11. The number of ether oxygens (including phenoxy) is 2. The SMILES string of the molecule is C[C@@]12C=CCCOC(=O)[C@@H]1[C@H]1C(=O)N(CCO)C3C(=O)N(Cc4ccccc4)CC=C[C@@]31O2. The Hall–Kier alpha value is -2.97. The van der Waals surface area contributed by atoms with Gasteiger partial charge < -0.3 is 24.4 Å². The highest BCUT2D eigenvalue weighted by Gasteiger charge is 2.74. The number of β-amino-alcohol motifs (C(OH)–C–C–N with tert-alkyl or cyclic N) is 1. The van der Waals surface area contributed by atoms with Crippen molar-refractivity contribution in [1.82, 2.24) is 9.80 Å². The third-order valence-corrected chi connectivity index (χ3v) is 7.16. The van der Waals surface area contributed by atoms with Gasteiger partial charge >= 0.3 is 5.97 Å². The van der Waals surface area contributed by atoms with Crippen molar-refractivity contribution in [2.24, 2.45) is 11.8 Å². The Morgan fingerprint density at radius 2 is 1.85 bits per heavy atom. The van der Waals surface area contributed by atoms with Crippen LogP contribution in [0.3, 0.4) is 0 Å². The number of fused-ring (bicyclic) bond motifs is 2. The summed E-state index contributed by atoms with van der Waals surface area (Å²) in [5.74, 6) is -2.92. The fraction of sp³-hybridized carbons (Fsp3) is 0.480. The van der Waals surface area contributed by atoms with Crippen molar-refractivity contribution in [3.63, 3.8) is 0 Å². The number of hydrogen-bond donors (Lipinski definition) is 1. The zero-order valence-corrected chi connectivity index (χ0v) is 18.6. The van der Waals surface area contributed by atoms with Crippen LogP contribution in [0.1, 0.15) is 18.9 Å². The number of benzene rings is 1. The van der Waals surface area contributed by atoms with E-state index in [2.05, 4.69) is 0 Å². The summed E-state index contributed by atoms with van der Waals surface area (Å²) in [6, 6.07) is 8.66. The topological polar surface area (TPSA) is 96.4 Å². The van der Waals surface area contributed by atoms with Gasteiger partial charge in [0.15, 0.2) is 0 Å². The highest BCUT2D eigenvalue weighted by atomic mass is 16.6. The summed E-state index contributed by atoms with van der Waals surface area (Å²) >= 11 is 0. The molecule has 0 saturated carbocycles. The van der Waals surface area contributed by atoms with Crippen LogP contribution < -0.4 is 0 Å². The summed E-state index contributed by atoms with van der Waals surface area (Å²) in [5, 5.41) is 9.69. The fourth-order valence-electron chi connectivity index (χ4n) is 5.83. The van der Waals surface area contributed by atoms with Crippen molar-refractivity contribution in [1.29, 1.82) is 0 Å². The average Bonchev–Trinajstić information content (AvgIpc) is 3.11. The molecule has 0 radical (unpaired) electrons. The summed E-state index contributed by atoms with van der Waals surface area (Å²) in [7, 11) is 0. The maximum Gasteiger partial charge on any atom is 0.313 e. The van der Waals surface area contributed by atoms with Gasteiger partial charge in [-0.25, -0.2) is 0 Å². The molecule has 1 spiro atoms. The van der Waals surface area contributed by atoms with Crippen LogP contribution in [-0.4, -0.2) is 76.2 Å². The largest absolute Gasteiger partial charge is 0.465 e. The van der Waals surface area contributed by atoms with Gasteiger partial charge in [-0.3, -0.25) is 14.4 Å². The van der Waals surface area contributed by atoms with Gasteiger partial charge in [0.2, 0.25) is 11.8 Å². The highest BCUT2D eigenvalue weighted by Crippen LogP contribution is 2.57. The van der Waals surface area contributed by atoms with Gasteiger partial charge in [-0.15, -0.1) is 0 Å². The summed E-state index contributed by atoms with van der Waals surface area (Å²) in [6.45, 7) is 2.43. The first-order chi connectivity index (χ1) is 15.9. The van der Waals surface area contributed by atoms with E-state index in [4.69, 9.17) is 9.47 Å². The first-order valence-corrected chi connectivity index (χ1v) is 11.4. The van der Waals surface area contributed by atoms with Crippen LogP contribution in [0.2, 0.25) is 0 Å². The molecule has 2 fully saturated rings. The van der Waals surface area contributed by atoms with Crippen LogP contribution in [0, 0.1) is 11.8 Å². The van der Waals surface area contributed by atoms with Gasteiger partial charge in [0.1, 0.15) is 17.6 Å². The minimum absolute atomic E-state index is 0.0157. The van der Waals surface area contributed by atoms with E-state index in [0.29, 0.717) is 19.5 Å². The molecule has 4 heterocycles. The Morgan fingerprint density at radius 3 is 2.61 bits per heavy atom. The molecule has 4 aliphatic rings. The number of rotatable bonds is 4. The van der Waals surface area contributed by atoms with Gasteiger partial charge in [-0.1, -0.05) is 54.6 Å². The highest BCUT2D eigenvalue weighted by molar-refractivity contribution is 5.99. The summed E-state index contributed by atoms with van der Waals surface area (Å²) in [6.07, 6.45) is 7.92. The summed E-state index contributed by atoms with van der Waals surface area (Å²) < 4.78 is 12.0. The van der Waals surface area contributed by atoms with E-state index >= 15 is 0 Å². The molecule has 5 rings (SSSR count). The number of aliphatic hydroxyl groups excluding tert-OH is 1. The fourth-order valence-corrected chi connectivity index (χ4v) is 5.83. The van der Waals surface area contributed by atoms with Crippen LogP contribution >= 0.6 is 0 Å². The van der Waals surface area contributed by atoms with Gasteiger partial charge in [0.05, 0.1) is 24.7 Å². The molecule has 1 unspecified atom stereocenters. The lowest BCUT2D eigenvalue weighted by Crippen LogP contribution is -2.56. The lowest BCUT2D eigenvalue weighted by molar-refractivity contribution is -0.160. The van der Waals surface area contributed by atoms with E-state index in [0.717, 1.165) is 5.56 Å². The predicted octanol–water partition coefficient (Wildman–Crippen LogP) is 1.05. The quantitative estimate of drug-likeness (QED) is 0.542. The molecule has 2 saturated heterocycles. The Labute approximate surface area is 192 Å². The second-order valence-corrected chi connectivity index (χ2v) is 9.22. The minimum Gasteiger partial charge on any atom is -0.465 e. The van der Waals surface area contributed by atoms with Gasteiger partial charge in [-0.2, -0.15) is 0 Å². The minimum atomic E-state index is -1.32. The van der Waals surface area contributed by atoms with Crippen LogP contribution in [-0.2, 0) is 30.4 Å². The number of esters is 1. The Balaban J connectivity index is 1.59. The van der Waals surface area contributed by atoms with Gasteiger partial charge in [-0.05, 0) is 18.9 Å². The number of aliphatic hydroxyl groups is 1. The molecule has 5 atom stereocenters. The number of carbonyl (C=O) groups excluding carboxylic acids is 3. The number of hydrogen-bond acceptors (Lipinski definition) is 6. The average molecular weight is 453 g/mol. The van der Waals surface area contributed by atoms with Gasteiger partial charge in [0, 0.05) is 19.6 Å². The smallest absolute Gasteiger partial charge is 0.313 e. The van der Waals surface area contributed by atoms with Crippen molar-refractivity contribution < 1.29 is 29.0 Å². The predicted molar refractivity (Wildman–Crippen MR) is 118 cm³/mol. The molecule has 174 valence electrons. The maximum atomic E-state index is 13.9. The van der Waals surface area contributed by atoms with E-state index in [1.54, 1.807) is 17.9 Å². The van der Waals surface area contributed by atoms with Crippen LogP contribution in [0.4, 0.5) is 0 Å². The lowest BCUT2D eigenvalue weighted by atomic mass is 9.74. The molecular weight excluding hydrogens is 424 g/mol. The summed E-state index contributed by atoms with van der Waals surface area (Å²) in [5.41, 5.74) is -1.43. The second-order valence-electron chi connectivity index (χ2n) is 9.22. The number of likely N-dealkylation sites (tertiary alicyclic amines) is 1. The molecule has 4 aliphatic heterocycles. The molecule has 8 nitrogen and oxygen atoms in total. The third kappa shape index (κ3) is 3.31. The third-order valence-electron chi connectivity index (χ3n) is 7.16. The normalized spacial score (nSPS) is 35.5.